The fourth-order valence-electron chi connectivity index (χ4n) is 3.26. The highest BCUT2D eigenvalue weighted by atomic mass is 127. The molecule has 0 aliphatic carbocycles. The van der Waals surface area contributed by atoms with Gasteiger partial charge in [0, 0.05) is 30.7 Å². The number of aryl methyl sites for hydroxylation is 1. The molecule has 0 radical (unpaired) electrons. The molecule has 0 atom stereocenters. The molecule has 0 saturated carbocycles. The number of halogens is 1. The van der Waals surface area contributed by atoms with Gasteiger partial charge < -0.3 is 15.5 Å². The number of anilines is 1. The van der Waals surface area contributed by atoms with Crippen molar-refractivity contribution in [3.8, 4) is 0 Å². The summed E-state index contributed by atoms with van der Waals surface area (Å²) in [5, 5.41) is 8.88. The second kappa shape index (κ2) is 12.3. The minimum Gasteiger partial charge on any atom is -0.357 e. The molecule has 5 nitrogen and oxygen atoms in total. The first-order valence-electron chi connectivity index (χ1n) is 10.0. The largest absolute Gasteiger partial charge is 0.357 e. The molecule has 2 aromatic heterocycles. The molecule has 2 aromatic rings. The van der Waals surface area contributed by atoms with Gasteiger partial charge in [-0.3, -0.25) is 0 Å². The average molecular weight is 513 g/mol. The minimum absolute atomic E-state index is 0. The van der Waals surface area contributed by atoms with E-state index in [1.807, 2.05) is 6.20 Å². The van der Waals surface area contributed by atoms with Gasteiger partial charge in [0.1, 0.15) is 5.82 Å². The third-order valence-corrected chi connectivity index (χ3v) is 5.91. The van der Waals surface area contributed by atoms with Crippen molar-refractivity contribution in [2.24, 2.45) is 4.99 Å². The topological polar surface area (TPSA) is 52.6 Å². The molecule has 2 N–H and O–H groups in total. The van der Waals surface area contributed by atoms with E-state index in [-0.39, 0.29) is 24.0 Å². The number of aliphatic imine (C=N–C) groups is 1. The van der Waals surface area contributed by atoms with Crippen LogP contribution < -0.4 is 15.5 Å². The molecular weight excluding hydrogens is 481 g/mol. The number of hydrogen-bond acceptors (Lipinski definition) is 4. The van der Waals surface area contributed by atoms with Gasteiger partial charge >= 0.3 is 0 Å². The lowest BCUT2D eigenvalue weighted by molar-refractivity contribution is 0.726. The molecular formula is C21H32IN5S. The van der Waals surface area contributed by atoms with Crippen LogP contribution in [0.5, 0.6) is 0 Å². The van der Waals surface area contributed by atoms with E-state index in [9.17, 15) is 0 Å². The second-order valence-corrected chi connectivity index (χ2v) is 8.00. The molecule has 0 spiro atoms. The lowest BCUT2D eigenvalue weighted by Gasteiger charge is -2.21. The maximum Gasteiger partial charge on any atom is 0.191 e. The zero-order valence-corrected chi connectivity index (χ0v) is 20.1. The first kappa shape index (κ1) is 22.9. The van der Waals surface area contributed by atoms with Crippen molar-refractivity contribution in [3.63, 3.8) is 0 Å². The molecule has 0 bridgehead atoms. The Bertz CT molecular complexity index is 721. The fraction of sp³-hybridized carbons (Fsp3) is 0.524. The van der Waals surface area contributed by atoms with E-state index in [2.05, 4.69) is 57.9 Å². The van der Waals surface area contributed by atoms with Crippen molar-refractivity contribution in [1.29, 1.82) is 0 Å². The Morgan fingerprint density at radius 3 is 2.54 bits per heavy atom. The molecule has 154 valence electrons. The van der Waals surface area contributed by atoms with Gasteiger partial charge in [-0.2, -0.15) is 0 Å². The van der Waals surface area contributed by atoms with E-state index in [1.165, 1.54) is 36.1 Å². The van der Waals surface area contributed by atoms with E-state index in [4.69, 9.17) is 4.99 Å². The number of thiophene rings is 1. The van der Waals surface area contributed by atoms with Crippen LogP contribution in [0.1, 0.15) is 48.6 Å². The second-order valence-electron chi connectivity index (χ2n) is 7.00. The van der Waals surface area contributed by atoms with Gasteiger partial charge in [0.2, 0.25) is 0 Å². The molecule has 7 heteroatoms. The molecule has 1 aliphatic rings. The maximum absolute atomic E-state index is 4.72. The smallest absolute Gasteiger partial charge is 0.191 e. The van der Waals surface area contributed by atoms with Crippen LogP contribution in [-0.2, 0) is 13.1 Å². The zero-order valence-electron chi connectivity index (χ0n) is 16.9. The van der Waals surface area contributed by atoms with Crippen LogP contribution in [0, 0.1) is 6.92 Å². The SMILES string of the molecule is CCNC(=NCc1ccc(N2CCCCCC2)nc1)NCc1sccc1C.I. The lowest BCUT2D eigenvalue weighted by Crippen LogP contribution is -2.36. The Labute approximate surface area is 190 Å². The van der Waals surface area contributed by atoms with Gasteiger partial charge in [-0.25, -0.2) is 9.98 Å². The fourth-order valence-corrected chi connectivity index (χ4v) is 4.10. The van der Waals surface area contributed by atoms with E-state index in [1.54, 1.807) is 11.3 Å². The number of guanidine groups is 1. The van der Waals surface area contributed by atoms with Crippen molar-refractivity contribution in [2.75, 3.05) is 24.5 Å². The predicted octanol–water partition coefficient (Wildman–Crippen LogP) is 4.71. The van der Waals surface area contributed by atoms with E-state index in [0.29, 0.717) is 6.54 Å². The Kier molecular flexibility index (Phi) is 10.0. The predicted molar refractivity (Wildman–Crippen MR) is 131 cm³/mol. The first-order valence-corrected chi connectivity index (χ1v) is 10.9. The quantitative estimate of drug-likeness (QED) is 0.334. The summed E-state index contributed by atoms with van der Waals surface area (Å²) in [7, 11) is 0. The molecule has 3 heterocycles. The molecule has 1 saturated heterocycles. The Morgan fingerprint density at radius 2 is 1.93 bits per heavy atom. The number of nitrogens with one attached hydrogen (secondary N) is 2. The Hall–Kier alpha value is -1.35. The van der Waals surface area contributed by atoms with Crippen LogP contribution in [0.4, 0.5) is 5.82 Å². The molecule has 1 fully saturated rings. The van der Waals surface area contributed by atoms with E-state index >= 15 is 0 Å². The summed E-state index contributed by atoms with van der Waals surface area (Å²) in [6, 6.07) is 6.46. The van der Waals surface area contributed by atoms with Gasteiger partial charge in [0.15, 0.2) is 5.96 Å². The zero-order chi connectivity index (χ0) is 18.9. The third kappa shape index (κ3) is 6.92. The standard InChI is InChI=1S/C21H31N5S.HI/c1-3-22-21(25-16-19-17(2)10-13-27-19)24-15-18-8-9-20(23-14-18)26-11-6-4-5-7-12-26;/h8-10,13-14H,3-7,11-12,15-16H2,1-2H3,(H2,22,24,25);1H. The first-order chi connectivity index (χ1) is 13.3. The molecule has 1 aliphatic heterocycles. The van der Waals surface area contributed by atoms with Crippen molar-refractivity contribution in [1.82, 2.24) is 15.6 Å². The van der Waals surface area contributed by atoms with Gasteiger partial charge in [-0.15, -0.1) is 35.3 Å². The highest BCUT2D eigenvalue weighted by Gasteiger charge is 2.10. The third-order valence-electron chi connectivity index (χ3n) is 4.89. The summed E-state index contributed by atoms with van der Waals surface area (Å²) in [4.78, 5) is 13.2. The number of pyridine rings is 1. The number of aromatic nitrogens is 1. The summed E-state index contributed by atoms with van der Waals surface area (Å²) in [5.74, 6) is 1.95. The highest BCUT2D eigenvalue weighted by Crippen LogP contribution is 2.18. The van der Waals surface area contributed by atoms with Crippen molar-refractivity contribution in [3.05, 3.63) is 45.8 Å². The average Bonchev–Trinajstić information content (AvgIpc) is 2.93. The number of hydrogen-bond donors (Lipinski definition) is 2. The minimum atomic E-state index is 0. The lowest BCUT2D eigenvalue weighted by atomic mass is 10.2. The van der Waals surface area contributed by atoms with Gasteiger partial charge in [-0.05, 0) is 55.3 Å². The summed E-state index contributed by atoms with van der Waals surface area (Å²) < 4.78 is 0. The molecule has 0 aromatic carbocycles. The summed E-state index contributed by atoms with van der Waals surface area (Å²) in [6.45, 7) is 8.78. The van der Waals surface area contributed by atoms with Crippen LogP contribution in [-0.4, -0.2) is 30.6 Å². The van der Waals surface area contributed by atoms with Gasteiger partial charge in [0.25, 0.3) is 0 Å². The molecule has 0 unspecified atom stereocenters. The molecule has 0 amide bonds. The highest BCUT2D eigenvalue weighted by molar-refractivity contribution is 14.0. The molecule has 3 rings (SSSR count). The summed E-state index contributed by atoms with van der Waals surface area (Å²) in [6.07, 6.45) is 7.20. The summed E-state index contributed by atoms with van der Waals surface area (Å²) >= 11 is 1.78. The van der Waals surface area contributed by atoms with E-state index < -0.39 is 0 Å². The number of nitrogens with zero attached hydrogens (tertiary/aromatic N) is 3. The Morgan fingerprint density at radius 1 is 1.14 bits per heavy atom. The van der Waals surface area contributed by atoms with Gasteiger partial charge in [-0.1, -0.05) is 18.9 Å². The van der Waals surface area contributed by atoms with Crippen LogP contribution in [0.15, 0.2) is 34.8 Å². The van der Waals surface area contributed by atoms with Crippen LogP contribution in [0.3, 0.4) is 0 Å². The summed E-state index contributed by atoms with van der Waals surface area (Å²) in [5.41, 5.74) is 2.47. The van der Waals surface area contributed by atoms with Crippen LogP contribution >= 0.6 is 35.3 Å². The van der Waals surface area contributed by atoms with Gasteiger partial charge in [0.05, 0.1) is 13.1 Å². The number of rotatable bonds is 6. The Balaban J connectivity index is 0.00000280. The van der Waals surface area contributed by atoms with Crippen LogP contribution in [0.2, 0.25) is 0 Å². The van der Waals surface area contributed by atoms with Crippen LogP contribution in [0.25, 0.3) is 0 Å². The molecule has 28 heavy (non-hydrogen) atoms. The van der Waals surface area contributed by atoms with E-state index in [0.717, 1.165) is 43.5 Å². The normalized spacial score (nSPS) is 14.9. The van der Waals surface area contributed by atoms with Crippen molar-refractivity contribution < 1.29 is 0 Å². The van der Waals surface area contributed by atoms with Crippen molar-refractivity contribution >= 4 is 47.1 Å². The van der Waals surface area contributed by atoms with Crippen molar-refractivity contribution in [2.45, 2.75) is 52.6 Å². The monoisotopic (exact) mass is 513 g/mol. The maximum atomic E-state index is 4.72.